The predicted octanol–water partition coefficient (Wildman–Crippen LogP) is 2.55. The summed E-state index contributed by atoms with van der Waals surface area (Å²) in [7, 11) is 1.48. The number of methoxy groups -OCH3 is 1. The van der Waals surface area contributed by atoms with E-state index in [-0.39, 0.29) is 38.1 Å². The van der Waals surface area contributed by atoms with Gasteiger partial charge in [0.2, 0.25) is 0 Å². The first-order valence-electron chi connectivity index (χ1n) is 12.6. The molecule has 0 amide bonds. The fourth-order valence-electron chi connectivity index (χ4n) is 4.15. The van der Waals surface area contributed by atoms with Crippen molar-refractivity contribution in [1.29, 1.82) is 0 Å². The third kappa shape index (κ3) is 6.41. The molecular formula is C26H31FN6O7S. The third-order valence-electron chi connectivity index (χ3n) is 6.16. The van der Waals surface area contributed by atoms with Crippen LogP contribution in [0.4, 0.5) is 4.39 Å². The van der Waals surface area contributed by atoms with Crippen LogP contribution in [0.2, 0.25) is 0 Å². The van der Waals surface area contributed by atoms with Gasteiger partial charge in [-0.05, 0) is 57.9 Å². The molecule has 0 saturated heterocycles. The van der Waals surface area contributed by atoms with Crippen molar-refractivity contribution in [3.8, 4) is 10.8 Å². The van der Waals surface area contributed by atoms with Crippen LogP contribution in [0.25, 0.3) is 15.2 Å². The van der Waals surface area contributed by atoms with Gasteiger partial charge in [0.15, 0.2) is 0 Å². The Morgan fingerprint density at radius 3 is 2.46 bits per heavy atom. The number of aromatic nitrogens is 5. The first-order valence-corrected chi connectivity index (χ1v) is 13.4. The molecule has 3 aromatic heterocycles. The van der Waals surface area contributed by atoms with E-state index >= 15 is 0 Å². The normalized spacial score (nSPS) is 11.2. The summed E-state index contributed by atoms with van der Waals surface area (Å²) in [5.41, 5.74) is -1.74. The molecule has 0 spiro atoms. The predicted molar refractivity (Wildman–Crippen MR) is 150 cm³/mol. The van der Waals surface area contributed by atoms with E-state index in [0.29, 0.717) is 26.7 Å². The third-order valence-corrected chi connectivity index (χ3v) is 7.44. The molecule has 0 aliphatic carbocycles. The van der Waals surface area contributed by atoms with Gasteiger partial charge in [0.1, 0.15) is 33.5 Å². The fraction of sp³-hybridized carbons (Fsp3) is 0.423. The number of rotatable bonds is 10. The summed E-state index contributed by atoms with van der Waals surface area (Å²) >= 11 is 1.19. The van der Waals surface area contributed by atoms with Gasteiger partial charge in [-0.25, -0.2) is 18.5 Å². The molecule has 0 radical (unpaired) electrons. The van der Waals surface area contributed by atoms with Crippen molar-refractivity contribution < 1.29 is 23.8 Å². The summed E-state index contributed by atoms with van der Waals surface area (Å²) in [6, 6.07) is 4.16. The summed E-state index contributed by atoms with van der Waals surface area (Å²) in [6.07, 6.45) is 3.25. The van der Waals surface area contributed by atoms with Gasteiger partial charge in [0.05, 0.1) is 38.1 Å². The van der Waals surface area contributed by atoms with Gasteiger partial charge >= 0.3 is 11.7 Å². The maximum absolute atomic E-state index is 14.0. The Hall–Kier alpha value is -4.24. The van der Waals surface area contributed by atoms with Crippen LogP contribution in [0.5, 0.6) is 5.75 Å². The number of aryl methyl sites for hydroxylation is 3. The second kappa shape index (κ2) is 13.4. The van der Waals surface area contributed by atoms with Gasteiger partial charge in [-0.2, -0.15) is 15.1 Å². The summed E-state index contributed by atoms with van der Waals surface area (Å²) in [5, 5.41) is 19.3. The number of halogens is 1. The number of esters is 1. The van der Waals surface area contributed by atoms with Crippen molar-refractivity contribution in [1.82, 2.24) is 24.1 Å². The number of aliphatic hydroxyl groups excluding tert-OH is 1. The van der Waals surface area contributed by atoms with E-state index in [1.807, 2.05) is 0 Å². The number of hydrogen-bond donors (Lipinski definition) is 1. The Morgan fingerprint density at radius 1 is 1.22 bits per heavy atom. The molecule has 0 bridgehead atoms. The molecule has 0 aliphatic heterocycles. The highest BCUT2D eigenvalue weighted by Crippen LogP contribution is 2.31. The van der Waals surface area contributed by atoms with E-state index in [0.717, 1.165) is 4.57 Å². The van der Waals surface area contributed by atoms with Crippen LogP contribution < -0.4 is 16.0 Å². The molecule has 15 heteroatoms. The summed E-state index contributed by atoms with van der Waals surface area (Å²) in [4.78, 5) is 51.1. The topological polar surface area (TPSA) is 160 Å². The number of benzene rings is 1. The van der Waals surface area contributed by atoms with Gasteiger partial charge in [-0.15, -0.1) is 4.80 Å². The van der Waals surface area contributed by atoms with Crippen LogP contribution in [0.1, 0.15) is 31.9 Å². The zero-order chi connectivity index (χ0) is 30.3. The largest absolute Gasteiger partial charge is 0.496 e. The van der Waals surface area contributed by atoms with Crippen LogP contribution in [0.15, 0.2) is 45.4 Å². The molecule has 220 valence electrons. The zero-order valence-corrected chi connectivity index (χ0v) is 24.1. The van der Waals surface area contributed by atoms with E-state index in [2.05, 4.69) is 15.4 Å². The van der Waals surface area contributed by atoms with Crippen molar-refractivity contribution in [2.24, 2.45) is 5.18 Å². The molecule has 0 fully saturated rings. The lowest BCUT2D eigenvalue weighted by atomic mass is 10.1. The number of thiophene rings is 1. The molecule has 4 aromatic rings. The van der Waals surface area contributed by atoms with Crippen molar-refractivity contribution in [3.63, 3.8) is 0 Å². The standard InChI is InChI=1S/C24H26FN5O5S.C2H5NO2/c1-6-35-22(32)24(3,4)29-19(31)18-14(2)20(30-26-10-11-27-30)36-21(18)28(23(29)33)12-9-15-13-16(25)7-8-17(15)34-5;4-2-1-3-5/h7-8,10-11,13H,6,9,12H2,1-5H3;4H,1-2H2. The summed E-state index contributed by atoms with van der Waals surface area (Å²) in [5.74, 6) is -0.663. The van der Waals surface area contributed by atoms with Crippen molar-refractivity contribution >= 4 is 27.5 Å². The van der Waals surface area contributed by atoms with Crippen LogP contribution in [0.3, 0.4) is 0 Å². The molecule has 0 saturated carbocycles. The van der Waals surface area contributed by atoms with Crippen LogP contribution in [-0.4, -0.2) is 62.1 Å². The Bertz CT molecular complexity index is 1640. The highest BCUT2D eigenvalue weighted by molar-refractivity contribution is 7.21. The molecular weight excluding hydrogens is 559 g/mol. The first-order chi connectivity index (χ1) is 19.5. The van der Waals surface area contributed by atoms with Crippen LogP contribution in [-0.2, 0) is 28.0 Å². The minimum Gasteiger partial charge on any atom is -0.496 e. The number of ether oxygens (including phenoxy) is 2. The average molecular weight is 591 g/mol. The number of hydrogen-bond acceptors (Lipinski definition) is 11. The second-order valence-corrected chi connectivity index (χ2v) is 10.1. The lowest BCUT2D eigenvalue weighted by Crippen LogP contribution is -2.53. The lowest BCUT2D eigenvalue weighted by molar-refractivity contribution is -0.152. The van der Waals surface area contributed by atoms with Gasteiger partial charge in [0.25, 0.3) is 5.56 Å². The number of carbonyl (C=O) groups is 1. The monoisotopic (exact) mass is 590 g/mol. The van der Waals surface area contributed by atoms with Gasteiger partial charge in [0, 0.05) is 12.1 Å². The van der Waals surface area contributed by atoms with Crippen molar-refractivity contribution in [2.45, 2.75) is 46.2 Å². The van der Waals surface area contributed by atoms with E-state index < -0.39 is 28.6 Å². The number of aliphatic hydroxyl groups is 1. The molecule has 0 aliphatic rings. The van der Waals surface area contributed by atoms with E-state index in [1.165, 1.54) is 72.3 Å². The van der Waals surface area contributed by atoms with Crippen molar-refractivity contribution in [3.05, 3.63) is 73.3 Å². The first kappa shape index (κ1) is 31.3. The smallest absolute Gasteiger partial charge is 0.333 e. The second-order valence-electron chi connectivity index (χ2n) is 9.17. The van der Waals surface area contributed by atoms with Crippen molar-refractivity contribution in [2.75, 3.05) is 26.9 Å². The molecule has 1 aromatic carbocycles. The molecule has 3 heterocycles. The summed E-state index contributed by atoms with van der Waals surface area (Å²) in [6.45, 7) is 6.40. The Balaban J connectivity index is 0.000000850. The molecule has 41 heavy (non-hydrogen) atoms. The van der Waals surface area contributed by atoms with Crippen LogP contribution >= 0.6 is 11.3 Å². The maximum atomic E-state index is 14.0. The molecule has 13 nitrogen and oxygen atoms in total. The molecule has 4 rings (SSSR count). The molecule has 1 N–H and O–H groups in total. The number of nitroso groups, excluding NO2 is 1. The molecule has 0 atom stereocenters. The zero-order valence-electron chi connectivity index (χ0n) is 23.3. The number of carbonyl (C=O) groups excluding carboxylic acids is 1. The van der Waals surface area contributed by atoms with Gasteiger partial charge in [-0.3, -0.25) is 9.36 Å². The molecule has 0 unspecified atom stereocenters. The minimum absolute atomic E-state index is 0.0139. The lowest BCUT2D eigenvalue weighted by Gasteiger charge is -2.25. The van der Waals surface area contributed by atoms with E-state index in [9.17, 15) is 18.8 Å². The maximum Gasteiger partial charge on any atom is 0.333 e. The van der Waals surface area contributed by atoms with Gasteiger partial charge < -0.3 is 14.6 Å². The average Bonchev–Trinajstić information content (AvgIpc) is 3.58. The van der Waals surface area contributed by atoms with E-state index in [1.54, 1.807) is 13.8 Å². The van der Waals surface area contributed by atoms with Crippen LogP contribution in [0, 0.1) is 17.6 Å². The minimum atomic E-state index is -1.57. The summed E-state index contributed by atoms with van der Waals surface area (Å²) < 4.78 is 26.8. The van der Waals surface area contributed by atoms with Gasteiger partial charge in [-0.1, -0.05) is 16.5 Å². The Kier molecular flexibility index (Phi) is 10.2. The van der Waals surface area contributed by atoms with E-state index in [4.69, 9.17) is 19.5 Å². The fourth-order valence-corrected chi connectivity index (χ4v) is 5.39. The Labute approximate surface area is 237 Å². The SMILES string of the molecule is CCOC(=O)C(C)(C)n1c(=O)c2c(C)c(-n3nccn3)sc2n(CCc2cc(F)ccc2OC)c1=O.O=NCCO. The highest BCUT2D eigenvalue weighted by atomic mass is 32.1. The Morgan fingerprint density at radius 2 is 1.90 bits per heavy atom. The number of fused-ring (bicyclic) bond motifs is 1. The number of nitrogens with zero attached hydrogens (tertiary/aromatic N) is 6. The quantitative estimate of drug-likeness (QED) is 0.216. The highest BCUT2D eigenvalue weighted by Gasteiger charge is 2.36.